The molecule has 0 unspecified atom stereocenters. The Morgan fingerprint density at radius 2 is 1.76 bits per heavy atom. The van der Waals surface area contributed by atoms with Crippen molar-refractivity contribution < 1.29 is 13.3 Å². The van der Waals surface area contributed by atoms with Gasteiger partial charge in [-0.3, -0.25) is 0 Å². The highest BCUT2D eigenvalue weighted by molar-refractivity contribution is 5.66. The van der Waals surface area contributed by atoms with E-state index in [1.807, 2.05) is 0 Å². The van der Waals surface area contributed by atoms with E-state index in [9.17, 15) is 8.78 Å². The molecule has 0 spiro atoms. The third-order valence-corrected chi connectivity index (χ3v) is 3.52. The number of hydrogen-bond donors (Lipinski definition) is 1. The van der Waals surface area contributed by atoms with Gasteiger partial charge in [0.25, 0.3) is 5.89 Å². The fourth-order valence-corrected chi connectivity index (χ4v) is 2.29. The minimum atomic E-state index is -0.474. The SMILES string of the molecule is Nc1c(-c2nc(-c3ccccc3F)no2)nnn1-c1ccc(F)cc1. The Balaban J connectivity index is 1.72. The summed E-state index contributed by atoms with van der Waals surface area (Å²) < 4.78 is 33.3. The van der Waals surface area contributed by atoms with Crippen LogP contribution >= 0.6 is 0 Å². The van der Waals surface area contributed by atoms with Gasteiger partial charge in [-0.25, -0.2) is 8.78 Å². The zero-order valence-corrected chi connectivity index (χ0v) is 12.6. The van der Waals surface area contributed by atoms with Crippen molar-refractivity contribution in [2.45, 2.75) is 0 Å². The summed E-state index contributed by atoms with van der Waals surface area (Å²) in [6, 6.07) is 11.6. The third kappa shape index (κ3) is 2.61. The van der Waals surface area contributed by atoms with Crippen molar-refractivity contribution in [3.05, 3.63) is 60.2 Å². The molecule has 7 nitrogen and oxygen atoms in total. The lowest BCUT2D eigenvalue weighted by Crippen LogP contribution is -2.02. The van der Waals surface area contributed by atoms with Gasteiger partial charge in [0.2, 0.25) is 5.82 Å². The van der Waals surface area contributed by atoms with Crippen molar-refractivity contribution in [2.75, 3.05) is 5.73 Å². The maximum absolute atomic E-state index is 13.8. The largest absolute Gasteiger partial charge is 0.382 e. The zero-order valence-electron chi connectivity index (χ0n) is 12.6. The highest BCUT2D eigenvalue weighted by Gasteiger charge is 2.20. The predicted octanol–water partition coefficient (Wildman–Crippen LogP) is 2.84. The van der Waals surface area contributed by atoms with Gasteiger partial charge in [-0.15, -0.1) is 5.10 Å². The summed E-state index contributed by atoms with van der Waals surface area (Å²) in [7, 11) is 0. The van der Waals surface area contributed by atoms with Gasteiger partial charge in [-0.05, 0) is 36.4 Å². The van der Waals surface area contributed by atoms with E-state index in [0.29, 0.717) is 5.69 Å². The monoisotopic (exact) mass is 340 g/mol. The molecule has 0 fully saturated rings. The highest BCUT2D eigenvalue weighted by atomic mass is 19.1. The van der Waals surface area contributed by atoms with Crippen LogP contribution in [0, 0.1) is 11.6 Å². The van der Waals surface area contributed by atoms with Gasteiger partial charge in [0.05, 0.1) is 11.3 Å². The van der Waals surface area contributed by atoms with Crippen LogP contribution in [0.1, 0.15) is 0 Å². The van der Waals surface area contributed by atoms with Crippen molar-refractivity contribution in [3.63, 3.8) is 0 Å². The number of aromatic nitrogens is 5. The van der Waals surface area contributed by atoms with E-state index >= 15 is 0 Å². The van der Waals surface area contributed by atoms with E-state index in [2.05, 4.69) is 20.5 Å². The van der Waals surface area contributed by atoms with E-state index in [4.69, 9.17) is 10.3 Å². The molecule has 4 rings (SSSR count). The number of nitrogens with two attached hydrogens (primary N) is 1. The average Bonchev–Trinajstić information content (AvgIpc) is 3.23. The average molecular weight is 340 g/mol. The molecule has 0 saturated heterocycles. The summed E-state index contributed by atoms with van der Waals surface area (Å²) in [5.74, 6) is -0.643. The summed E-state index contributed by atoms with van der Waals surface area (Å²) in [6.45, 7) is 0. The highest BCUT2D eigenvalue weighted by Crippen LogP contribution is 2.27. The van der Waals surface area contributed by atoms with Gasteiger partial charge in [-0.2, -0.15) is 9.67 Å². The fraction of sp³-hybridized carbons (Fsp3) is 0. The second-order valence-corrected chi connectivity index (χ2v) is 5.11. The first-order valence-corrected chi connectivity index (χ1v) is 7.19. The number of nitrogen functional groups attached to an aromatic ring is 1. The molecule has 0 aliphatic carbocycles. The second kappa shape index (κ2) is 5.78. The third-order valence-electron chi connectivity index (χ3n) is 3.52. The smallest absolute Gasteiger partial charge is 0.282 e. The van der Waals surface area contributed by atoms with E-state index in [0.717, 1.165) is 0 Å². The van der Waals surface area contributed by atoms with E-state index in [-0.39, 0.29) is 34.6 Å². The van der Waals surface area contributed by atoms with Crippen LogP contribution in [0.5, 0.6) is 0 Å². The predicted molar refractivity (Wildman–Crippen MR) is 84.4 cm³/mol. The van der Waals surface area contributed by atoms with Crippen molar-refractivity contribution in [2.24, 2.45) is 0 Å². The minimum Gasteiger partial charge on any atom is -0.382 e. The number of halogens is 2. The molecule has 0 radical (unpaired) electrons. The van der Waals surface area contributed by atoms with Crippen LogP contribution in [-0.2, 0) is 0 Å². The lowest BCUT2D eigenvalue weighted by atomic mass is 10.2. The van der Waals surface area contributed by atoms with Gasteiger partial charge in [-0.1, -0.05) is 22.5 Å². The van der Waals surface area contributed by atoms with Gasteiger partial charge >= 0.3 is 0 Å². The molecule has 0 atom stereocenters. The van der Waals surface area contributed by atoms with Crippen LogP contribution in [0.25, 0.3) is 28.7 Å². The summed E-state index contributed by atoms with van der Waals surface area (Å²) in [6.07, 6.45) is 0. The van der Waals surface area contributed by atoms with Crippen molar-refractivity contribution >= 4 is 5.82 Å². The molecule has 2 aromatic heterocycles. The second-order valence-electron chi connectivity index (χ2n) is 5.11. The van der Waals surface area contributed by atoms with Crippen LogP contribution in [0.2, 0.25) is 0 Å². The lowest BCUT2D eigenvalue weighted by Gasteiger charge is -2.01. The Kier molecular flexibility index (Phi) is 3.46. The van der Waals surface area contributed by atoms with Gasteiger partial charge in [0.15, 0.2) is 11.5 Å². The number of hydrogen-bond acceptors (Lipinski definition) is 6. The summed E-state index contributed by atoms with van der Waals surface area (Å²) in [5, 5.41) is 11.6. The van der Waals surface area contributed by atoms with E-state index in [1.165, 1.54) is 41.1 Å². The van der Waals surface area contributed by atoms with Crippen LogP contribution < -0.4 is 5.73 Å². The maximum atomic E-state index is 13.8. The van der Waals surface area contributed by atoms with E-state index < -0.39 is 5.82 Å². The molecular weight excluding hydrogens is 330 g/mol. The minimum absolute atomic E-state index is 0.00381. The molecule has 4 aromatic rings. The number of nitrogens with zero attached hydrogens (tertiary/aromatic N) is 5. The number of benzene rings is 2. The molecule has 0 bridgehead atoms. The summed E-state index contributed by atoms with van der Waals surface area (Å²) >= 11 is 0. The molecule has 0 amide bonds. The van der Waals surface area contributed by atoms with Crippen molar-refractivity contribution in [1.29, 1.82) is 0 Å². The van der Waals surface area contributed by atoms with Gasteiger partial charge < -0.3 is 10.3 Å². The standard InChI is InChI=1S/C16H10F2N6O/c17-9-5-7-10(8-6-9)24-14(19)13(21-23-24)16-20-15(22-25-16)11-3-1-2-4-12(11)18/h1-8H,19H2. The maximum Gasteiger partial charge on any atom is 0.282 e. The Labute approximate surface area is 139 Å². The number of anilines is 1. The number of rotatable bonds is 3. The Bertz CT molecular complexity index is 1040. The zero-order chi connectivity index (χ0) is 17.4. The molecule has 0 saturated carbocycles. The molecule has 2 aromatic carbocycles. The lowest BCUT2D eigenvalue weighted by molar-refractivity contribution is 0.430. The molecule has 9 heteroatoms. The Hall–Kier alpha value is -3.62. The quantitative estimate of drug-likeness (QED) is 0.616. The normalized spacial score (nSPS) is 11.0. The molecule has 25 heavy (non-hydrogen) atoms. The molecule has 0 aliphatic rings. The molecule has 2 heterocycles. The first-order chi connectivity index (χ1) is 12.1. The van der Waals surface area contributed by atoms with Crippen molar-refractivity contribution in [3.8, 4) is 28.7 Å². The van der Waals surface area contributed by atoms with Crippen molar-refractivity contribution in [1.82, 2.24) is 25.1 Å². The first kappa shape index (κ1) is 14.9. The first-order valence-electron chi connectivity index (χ1n) is 7.19. The van der Waals surface area contributed by atoms with Crippen LogP contribution in [-0.4, -0.2) is 25.1 Å². The molecular formula is C16H10F2N6O. The van der Waals surface area contributed by atoms with Gasteiger partial charge in [0, 0.05) is 0 Å². The van der Waals surface area contributed by atoms with Crippen LogP contribution in [0.4, 0.5) is 14.6 Å². The van der Waals surface area contributed by atoms with E-state index in [1.54, 1.807) is 12.1 Å². The molecule has 124 valence electrons. The van der Waals surface area contributed by atoms with Crippen LogP contribution in [0.3, 0.4) is 0 Å². The Morgan fingerprint density at radius 1 is 1.00 bits per heavy atom. The molecule has 0 aliphatic heterocycles. The fourth-order valence-electron chi connectivity index (χ4n) is 2.29. The van der Waals surface area contributed by atoms with Gasteiger partial charge in [0.1, 0.15) is 11.6 Å². The Morgan fingerprint density at radius 3 is 2.52 bits per heavy atom. The topological polar surface area (TPSA) is 95.7 Å². The van der Waals surface area contributed by atoms with Crippen LogP contribution in [0.15, 0.2) is 53.1 Å². The summed E-state index contributed by atoms with van der Waals surface area (Å²) in [4.78, 5) is 4.12. The summed E-state index contributed by atoms with van der Waals surface area (Å²) in [5.41, 5.74) is 6.89. The molecule has 2 N–H and O–H groups in total.